The Morgan fingerprint density at radius 1 is 1.00 bits per heavy atom. The van der Waals surface area contributed by atoms with E-state index in [1.54, 1.807) is 18.9 Å². The van der Waals surface area contributed by atoms with Crippen LogP contribution in [-0.2, 0) is 11.3 Å². The Morgan fingerprint density at radius 3 is 2.20 bits per heavy atom. The minimum Gasteiger partial charge on any atom is -0.383 e. The van der Waals surface area contributed by atoms with Gasteiger partial charge >= 0.3 is 0 Å². The van der Waals surface area contributed by atoms with Crippen LogP contribution < -0.4 is 5.32 Å². The molecule has 0 aromatic heterocycles. The number of methoxy groups -OCH3 is 1. The van der Waals surface area contributed by atoms with E-state index in [1.165, 1.54) is 15.4 Å². The lowest BCUT2D eigenvalue weighted by Crippen LogP contribution is -2.18. The molecule has 0 aliphatic heterocycles. The highest BCUT2D eigenvalue weighted by atomic mass is 35.5. The van der Waals surface area contributed by atoms with E-state index in [9.17, 15) is 0 Å². The van der Waals surface area contributed by atoms with Gasteiger partial charge in [-0.2, -0.15) is 0 Å². The van der Waals surface area contributed by atoms with Crippen molar-refractivity contribution < 1.29 is 4.74 Å². The minimum absolute atomic E-state index is 0.741. The van der Waals surface area contributed by atoms with Gasteiger partial charge in [0.15, 0.2) is 0 Å². The van der Waals surface area contributed by atoms with Gasteiger partial charge in [0, 0.05) is 35.0 Å². The predicted molar refractivity (Wildman–Crippen MR) is 85.6 cm³/mol. The molecule has 0 saturated heterocycles. The molecule has 106 valence electrons. The van der Waals surface area contributed by atoms with E-state index in [2.05, 4.69) is 29.6 Å². The van der Waals surface area contributed by atoms with E-state index in [4.69, 9.17) is 16.3 Å². The van der Waals surface area contributed by atoms with Crippen LogP contribution in [0.3, 0.4) is 0 Å². The maximum atomic E-state index is 5.88. The van der Waals surface area contributed by atoms with E-state index in [0.29, 0.717) is 0 Å². The summed E-state index contributed by atoms with van der Waals surface area (Å²) < 4.78 is 5.00. The Bertz CT molecular complexity index is 513. The van der Waals surface area contributed by atoms with Gasteiger partial charge in [0.05, 0.1) is 6.61 Å². The second-order valence-electron chi connectivity index (χ2n) is 4.37. The van der Waals surface area contributed by atoms with Gasteiger partial charge < -0.3 is 10.1 Å². The zero-order valence-corrected chi connectivity index (χ0v) is 13.0. The normalized spacial score (nSPS) is 10.7. The van der Waals surface area contributed by atoms with Crippen LogP contribution in [0.5, 0.6) is 0 Å². The van der Waals surface area contributed by atoms with Crippen LogP contribution in [-0.4, -0.2) is 20.3 Å². The molecule has 0 aliphatic carbocycles. The third-order valence-corrected chi connectivity index (χ3v) is 4.05. The molecule has 0 heterocycles. The molecule has 0 fully saturated rings. The van der Waals surface area contributed by atoms with E-state index >= 15 is 0 Å². The number of ether oxygens (including phenoxy) is 1. The summed E-state index contributed by atoms with van der Waals surface area (Å²) in [5.74, 6) is 0. The predicted octanol–water partition coefficient (Wildman–Crippen LogP) is 4.23. The van der Waals surface area contributed by atoms with Gasteiger partial charge in [0.1, 0.15) is 0 Å². The molecule has 0 atom stereocenters. The molecular weight excluding hydrogens is 290 g/mol. The zero-order valence-electron chi connectivity index (χ0n) is 11.4. The summed E-state index contributed by atoms with van der Waals surface area (Å²) in [6.07, 6.45) is 0. The number of rotatable bonds is 7. The summed E-state index contributed by atoms with van der Waals surface area (Å²) in [5, 5.41) is 4.10. The number of hydrogen-bond acceptors (Lipinski definition) is 3. The van der Waals surface area contributed by atoms with Gasteiger partial charge in [-0.3, -0.25) is 0 Å². The van der Waals surface area contributed by atoms with Gasteiger partial charge in [-0.15, -0.1) is 0 Å². The molecule has 0 bridgehead atoms. The third-order valence-electron chi connectivity index (χ3n) is 2.78. The first-order valence-electron chi connectivity index (χ1n) is 6.50. The van der Waals surface area contributed by atoms with Crippen molar-refractivity contribution in [3.05, 3.63) is 59.1 Å². The first-order chi connectivity index (χ1) is 9.78. The lowest BCUT2D eigenvalue weighted by atomic mass is 10.2. The molecule has 0 unspecified atom stereocenters. The van der Waals surface area contributed by atoms with Crippen molar-refractivity contribution in [3.63, 3.8) is 0 Å². The lowest BCUT2D eigenvalue weighted by molar-refractivity contribution is 0.199. The molecule has 0 radical (unpaired) electrons. The van der Waals surface area contributed by atoms with Crippen molar-refractivity contribution in [1.82, 2.24) is 5.32 Å². The van der Waals surface area contributed by atoms with Crippen LogP contribution in [0.25, 0.3) is 0 Å². The molecule has 0 saturated carbocycles. The molecule has 4 heteroatoms. The number of nitrogens with one attached hydrogen (secondary N) is 1. The molecule has 0 amide bonds. The summed E-state index contributed by atoms with van der Waals surface area (Å²) >= 11 is 7.62. The molecule has 2 aromatic carbocycles. The summed E-state index contributed by atoms with van der Waals surface area (Å²) in [6, 6.07) is 16.5. The Morgan fingerprint density at radius 2 is 1.60 bits per heavy atom. The molecular formula is C16H18ClNOS. The van der Waals surface area contributed by atoms with Crippen LogP contribution in [0, 0.1) is 0 Å². The third kappa shape index (κ3) is 5.17. The van der Waals surface area contributed by atoms with E-state index in [1.807, 2.05) is 24.3 Å². The fourth-order valence-corrected chi connectivity index (χ4v) is 2.66. The molecule has 0 aliphatic rings. The highest BCUT2D eigenvalue weighted by molar-refractivity contribution is 7.99. The smallest absolute Gasteiger partial charge is 0.0587 e. The average molecular weight is 308 g/mol. The zero-order chi connectivity index (χ0) is 14.2. The van der Waals surface area contributed by atoms with Gasteiger partial charge in [0.25, 0.3) is 0 Å². The van der Waals surface area contributed by atoms with Gasteiger partial charge in [-0.05, 0) is 42.0 Å². The van der Waals surface area contributed by atoms with Crippen LogP contribution in [0.4, 0.5) is 0 Å². The van der Waals surface area contributed by atoms with Gasteiger partial charge in [-0.1, -0.05) is 35.5 Å². The molecule has 20 heavy (non-hydrogen) atoms. The van der Waals surface area contributed by atoms with Crippen LogP contribution in [0.1, 0.15) is 5.56 Å². The van der Waals surface area contributed by atoms with Crippen LogP contribution in [0.2, 0.25) is 5.02 Å². The Hall–Kier alpha value is -1.00. The maximum absolute atomic E-state index is 5.88. The van der Waals surface area contributed by atoms with Crippen molar-refractivity contribution in [2.45, 2.75) is 16.3 Å². The van der Waals surface area contributed by atoms with Crippen LogP contribution in [0.15, 0.2) is 58.3 Å². The number of benzene rings is 2. The summed E-state index contributed by atoms with van der Waals surface area (Å²) in [4.78, 5) is 2.42. The van der Waals surface area contributed by atoms with Gasteiger partial charge in [0.2, 0.25) is 0 Å². The highest BCUT2D eigenvalue weighted by Gasteiger charge is 1.98. The van der Waals surface area contributed by atoms with Crippen molar-refractivity contribution >= 4 is 23.4 Å². The Kier molecular flexibility index (Phi) is 6.40. The van der Waals surface area contributed by atoms with Crippen LogP contribution >= 0.6 is 23.4 Å². The van der Waals surface area contributed by atoms with Crippen molar-refractivity contribution in [2.24, 2.45) is 0 Å². The standard InChI is InChI=1S/C16H18ClNOS/c1-19-11-10-18-12-13-2-6-15(7-3-13)20-16-8-4-14(17)5-9-16/h2-9,18H,10-12H2,1H3. The molecule has 0 spiro atoms. The quantitative estimate of drug-likeness (QED) is 0.774. The molecule has 2 nitrogen and oxygen atoms in total. The van der Waals surface area contributed by atoms with E-state index < -0.39 is 0 Å². The number of halogens is 1. The number of hydrogen-bond donors (Lipinski definition) is 1. The second-order valence-corrected chi connectivity index (χ2v) is 5.95. The SMILES string of the molecule is COCCNCc1ccc(Sc2ccc(Cl)cc2)cc1. The summed E-state index contributed by atoms with van der Waals surface area (Å²) in [5.41, 5.74) is 1.28. The van der Waals surface area contributed by atoms with E-state index in [0.717, 1.165) is 24.7 Å². The average Bonchev–Trinajstić information content (AvgIpc) is 2.48. The Balaban J connectivity index is 1.86. The summed E-state index contributed by atoms with van der Waals surface area (Å²) in [7, 11) is 1.71. The lowest BCUT2D eigenvalue weighted by Gasteiger charge is -2.06. The molecule has 2 rings (SSSR count). The fraction of sp³-hybridized carbons (Fsp3) is 0.250. The maximum Gasteiger partial charge on any atom is 0.0587 e. The molecule has 2 aromatic rings. The van der Waals surface area contributed by atoms with E-state index in [-0.39, 0.29) is 0 Å². The van der Waals surface area contributed by atoms with Crippen molar-refractivity contribution in [3.8, 4) is 0 Å². The Labute approximate surface area is 129 Å². The van der Waals surface area contributed by atoms with Crippen molar-refractivity contribution in [1.29, 1.82) is 0 Å². The molecule has 1 N–H and O–H groups in total. The fourth-order valence-electron chi connectivity index (χ4n) is 1.72. The summed E-state index contributed by atoms with van der Waals surface area (Å²) in [6.45, 7) is 2.48. The topological polar surface area (TPSA) is 21.3 Å². The van der Waals surface area contributed by atoms with Crippen molar-refractivity contribution in [2.75, 3.05) is 20.3 Å². The first-order valence-corrected chi connectivity index (χ1v) is 7.69. The highest BCUT2D eigenvalue weighted by Crippen LogP contribution is 2.28. The van der Waals surface area contributed by atoms with Gasteiger partial charge in [-0.25, -0.2) is 0 Å². The monoisotopic (exact) mass is 307 g/mol. The minimum atomic E-state index is 0.741. The largest absolute Gasteiger partial charge is 0.383 e. The first kappa shape index (κ1) is 15.4. The second kappa shape index (κ2) is 8.32.